The summed E-state index contributed by atoms with van der Waals surface area (Å²) in [4.78, 5) is 0. The van der Waals surface area contributed by atoms with E-state index >= 15 is 0 Å². The van der Waals surface area contributed by atoms with Crippen molar-refractivity contribution in [3.05, 3.63) is 29.3 Å². The molecule has 0 aliphatic rings. The average Bonchev–Trinajstić information content (AvgIpc) is 2.37. The van der Waals surface area contributed by atoms with Crippen molar-refractivity contribution in [3.8, 4) is 5.75 Å². The maximum Gasteiger partial charge on any atom is 0.123 e. The third-order valence-electron chi connectivity index (χ3n) is 3.08. The molecule has 0 aliphatic carbocycles. The van der Waals surface area contributed by atoms with Crippen molar-refractivity contribution in [3.63, 3.8) is 0 Å². The molecule has 1 unspecified atom stereocenters. The first-order chi connectivity index (χ1) is 9.37. The Morgan fingerprint density at radius 1 is 1.25 bits per heavy atom. The van der Waals surface area contributed by atoms with Gasteiger partial charge in [0, 0.05) is 5.56 Å². The summed E-state index contributed by atoms with van der Waals surface area (Å²) < 4.78 is 11.5. The number of hydrogen-bond acceptors (Lipinski definition) is 3. The highest BCUT2D eigenvalue weighted by Crippen LogP contribution is 2.27. The zero-order valence-electron chi connectivity index (χ0n) is 13.7. The highest BCUT2D eigenvalue weighted by Gasteiger charge is 2.19. The molecule has 3 heteroatoms. The van der Waals surface area contributed by atoms with Crippen LogP contribution >= 0.6 is 0 Å². The van der Waals surface area contributed by atoms with E-state index in [0.29, 0.717) is 6.61 Å². The van der Waals surface area contributed by atoms with E-state index in [-0.39, 0.29) is 11.6 Å². The summed E-state index contributed by atoms with van der Waals surface area (Å²) >= 11 is 0. The second-order valence-corrected chi connectivity index (χ2v) is 6.18. The van der Waals surface area contributed by atoms with Crippen LogP contribution in [0, 0.1) is 6.92 Å². The first kappa shape index (κ1) is 17.0. The van der Waals surface area contributed by atoms with Crippen LogP contribution < -0.4 is 10.1 Å². The number of hydrogen-bond donors (Lipinski definition) is 1. The highest BCUT2D eigenvalue weighted by atomic mass is 16.5. The second-order valence-electron chi connectivity index (χ2n) is 6.18. The van der Waals surface area contributed by atoms with Gasteiger partial charge in [0.1, 0.15) is 5.75 Å². The number of aryl methyl sites for hydroxylation is 1. The van der Waals surface area contributed by atoms with Crippen molar-refractivity contribution in [2.24, 2.45) is 0 Å². The normalized spacial score (nSPS) is 13.3. The standard InChI is InChI=1S/C17H29NO2/c1-7-10-18-15(12-20-17(3,4)5)14-11-13(2)8-9-16(14)19-6/h8-9,11,15,18H,7,10,12H2,1-6H3. The molecular weight excluding hydrogens is 250 g/mol. The van der Waals surface area contributed by atoms with Gasteiger partial charge in [-0.1, -0.05) is 24.6 Å². The molecule has 0 spiro atoms. The summed E-state index contributed by atoms with van der Waals surface area (Å²) in [6.07, 6.45) is 1.10. The summed E-state index contributed by atoms with van der Waals surface area (Å²) in [6, 6.07) is 6.44. The molecule has 0 amide bonds. The summed E-state index contributed by atoms with van der Waals surface area (Å²) in [5, 5.41) is 3.56. The minimum Gasteiger partial charge on any atom is -0.496 e. The summed E-state index contributed by atoms with van der Waals surface area (Å²) in [7, 11) is 1.72. The molecule has 0 aliphatic heterocycles. The third kappa shape index (κ3) is 5.51. The van der Waals surface area contributed by atoms with E-state index in [1.807, 2.05) is 6.07 Å². The largest absolute Gasteiger partial charge is 0.496 e. The van der Waals surface area contributed by atoms with Crippen molar-refractivity contribution in [2.45, 2.75) is 52.7 Å². The fraction of sp³-hybridized carbons (Fsp3) is 0.647. The number of methoxy groups -OCH3 is 1. The Morgan fingerprint density at radius 2 is 1.95 bits per heavy atom. The Kier molecular flexibility index (Phi) is 6.50. The molecule has 1 aromatic carbocycles. The van der Waals surface area contributed by atoms with Crippen molar-refractivity contribution >= 4 is 0 Å². The van der Waals surface area contributed by atoms with Crippen molar-refractivity contribution in [1.82, 2.24) is 5.32 Å². The molecule has 3 nitrogen and oxygen atoms in total. The Morgan fingerprint density at radius 3 is 2.50 bits per heavy atom. The van der Waals surface area contributed by atoms with Gasteiger partial charge >= 0.3 is 0 Å². The van der Waals surface area contributed by atoms with Gasteiger partial charge in [0.15, 0.2) is 0 Å². The molecule has 1 N–H and O–H groups in total. The zero-order valence-corrected chi connectivity index (χ0v) is 13.7. The second kappa shape index (κ2) is 7.65. The van der Waals surface area contributed by atoms with Crippen LogP contribution in [0.3, 0.4) is 0 Å². The maximum absolute atomic E-state index is 5.96. The van der Waals surface area contributed by atoms with E-state index in [1.165, 1.54) is 11.1 Å². The maximum atomic E-state index is 5.96. The summed E-state index contributed by atoms with van der Waals surface area (Å²) in [6.45, 7) is 12.1. The molecular formula is C17H29NO2. The van der Waals surface area contributed by atoms with E-state index in [1.54, 1.807) is 7.11 Å². The van der Waals surface area contributed by atoms with Gasteiger partial charge in [-0.25, -0.2) is 0 Å². The molecule has 0 bridgehead atoms. The number of nitrogens with one attached hydrogen (secondary N) is 1. The summed E-state index contributed by atoms with van der Waals surface area (Å²) in [5.41, 5.74) is 2.27. The van der Waals surface area contributed by atoms with E-state index in [2.05, 4.69) is 52.1 Å². The fourth-order valence-electron chi connectivity index (χ4n) is 2.04. The molecule has 1 atom stereocenters. The predicted molar refractivity (Wildman–Crippen MR) is 84.5 cm³/mol. The van der Waals surface area contributed by atoms with E-state index in [4.69, 9.17) is 9.47 Å². The van der Waals surface area contributed by atoms with Gasteiger partial charge < -0.3 is 14.8 Å². The lowest BCUT2D eigenvalue weighted by atomic mass is 10.0. The Bertz CT molecular complexity index is 410. The average molecular weight is 279 g/mol. The van der Waals surface area contributed by atoms with Crippen LogP contribution in [0.4, 0.5) is 0 Å². The molecule has 0 aromatic heterocycles. The molecule has 1 rings (SSSR count). The Hall–Kier alpha value is -1.06. The number of rotatable bonds is 7. The van der Waals surface area contributed by atoms with Gasteiger partial charge in [-0.05, 0) is 46.7 Å². The van der Waals surface area contributed by atoms with Crippen LogP contribution in [0.1, 0.15) is 51.3 Å². The first-order valence-electron chi connectivity index (χ1n) is 7.39. The van der Waals surface area contributed by atoms with E-state index < -0.39 is 0 Å². The predicted octanol–water partition coefficient (Wildman–Crippen LogP) is 3.86. The first-order valence-corrected chi connectivity index (χ1v) is 7.39. The Balaban J connectivity index is 2.94. The zero-order chi connectivity index (χ0) is 15.2. The molecule has 0 radical (unpaired) electrons. The minimum atomic E-state index is -0.136. The van der Waals surface area contributed by atoms with Gasteiger partial charge in [0.05, 0.1) is 25.4 Å². The lowest BCUT2D eigenvalue weighted by molar-refractivity contribution is -0.0150. The summed E-state index contributed by atoms with van der Waals surface area (Å²) in [5.74, 6) is 0.918. The van der Waals surface area contributed by atoms with Gasteiger partial charge in [0.25, 0.3) is 0 Å². The Labute approximate surface area is 123 Å². The quantitative estimate of drug-likeness (QED) is 0.822. The van der Waals surface area contributed by atoms with Gasteiger partial charge in [0.2, 0.25) is 0 Å². The van der Waals surface area contributed by atoms with Crippen LogP contribution in [0.25, 0.3) is 0 Å². The monoisotopic (exact) mass is 279 g/mol. The van der Waals surface area contributed by atoms with Crippen LogP contribution in [0.15, 0.2) is 18.2 Å². The molecule has 114 valence electrons. The molecule has 1 aromatic rings. The smallest absolute Gasteiger partial charge is 0.123 e. The SMILES string of the molecule is CCCNC(COC(C)(C)C)c1cc(C)ccc1OC. The van der Waals surface area contributed by atoms with Gasteiger partial charge in [-0.3, -0.25) is 0 Å². The third-order valence-corrected chi connectivity index (χ3v) is 3.08. The highest BCUT2D eigenvalue weighted by molar-refractivity contribution is 5.39. The fourth-order valence-corrected chi connectivity index (χ4v) is 2.04. The number of ether oxygens (including phenoxy) is 2. The lowest BCUT2D eigenvalue weighted by Gasteiger charge is -2.26. The van der Waals surface area contributed by atoms with Crippen LogP contribution in [0.5, 0.6) is 5.75 Å². The van der Waals surface area contributed by atoms with Crippen molar-refractivity contribution < 1.29 is 9.47 Å². The van der Waals surface area contributed by atoms with Crippen molar-refractivity contribution in [2.75, 3.05) is 20.3 Å². The molecule has 0 saturated carbocycles. The lowest BCUT2D eigenvalue weighted by Crippen LogP contribution is -2.31. The molecule has 0 fully saturated rings. The van der Waals surface area contributed by atoms with Crippen LogP contribution in [0.2, 0.25) is 0 Å². The minimum absolute atomic E-state index is 0.136. The molecule has 0 saturated heterocycles. The van der Waals surface area contributed by atoms with E-state index in [9.17, 15) is 0 Å². The number of benzene rings is 1. The van der Waals surface area contributed by atoms with Gasteiger partial charge in [-0.2, -0.15) is 0 Å². The van der Waals surface area contributed by atoms with Gasteiger partial charge in [-0.15, -0.1) is 0 Å². The van der Waals surface area contributed by atoms with Crippen LogP contribution in [-0.2, 0) is 4.74 Å². The van der Waals surface area contributed by atoms with Crippen LogP contribution in [-0.4, -0.2) is 25.9 Å². The topological polar surface area (TPSA) is 30.5 Å². The molecule has 0 heterocycles. The van der Waals surface area contributed by atoms with Crippen molar-refractivity contribution in [1.29, 1.82) is 0 Å². The molecule has 20 heavy (non-hydrogen) atoms. The van der Waals surface area contributed by atoms with E-state index in [0.717, 1.165) is 18.7 Å².